The van der Waals surface area contributed by atoms with E-state index in [-0.39, 0.29) is 31.0 Å². The predicted molar refractivity (Wildman–Crippen MR) is 115 cm³/mol. The van der Waals surface area contributed by atoms with Gasteiger partial charge in [0, 0.05) is 19.1 Å². The Bertz CT molecular complexity index is 837. The lowest BCUT2D eigenvalue weighted by Crippen LogP contribution is -2.48. The van der Waals surface area contributed by atoms with E-state index in [0.717, 1.165) is 18.4 Å². The topological polar surface area (TPSA) is 79.3 Å². The molecule has 1 heterocycles. The second kappa shape index (κ2) is 11.0. The number of anilines is 1. The number of likely N-dealkylation sites (tertiary alicyclic amines) is 1. The number of nitrogens with zero attached hydrogens (tertiary/aromatic N) is 3. The van der Waals surface area contributed by atoms with Crippen LogP contribution in [0.5, 0.6) is 0 Å². The van der Waals surface area contributed by atoms with Crippen molar-refractivity contribution < 1.29 is 18.1 Å². The molecule has 1 unspecified atom stereocenters. The van der Waals surface area contributed by atoms with Gasteiger partial charge in [0.1, 0.15) is 23.4 Å². The molecule has 0 spiro atoms. The lowest BCUT2D eigenvalue weighted by Gasteiger charge is -2.38. The third kappa shape index (κ3) is 5.98. The molecule has 1 amide bonds. The highest BCUT2D eigenvalue weighted by Crippen LogP contribution is 2.26. The van der Waals surface area contributed by atoms with Crippen LogP contribution in [0.2, 0.25) is 0 Å². The van der Waals surface area contributed by atoms with E-state index in [0.29, 0.717) is 31.6 Å². The second-order valence-electron chi connectivity index (χ2n) is 7.22. The lowest BCUT2D eigenvalue weighted by atomic mass is 10.0. The van der Waals surface area contributed by atoms with Gasteiger partial charge in [0.2, 0.25) is 0 Å². The number of hydrogen-bond donors (Lipinski definition) is 0. The molecule has 1 saturated heterocycles. The lowest BCUT2D eigenvalue weighted by molar-refractivity contribution is 0.101. The molecule has 30 heavy (non-hydrogen) atoms. The number of carbonyl (C=O) groups excluding carboxylic acids is 1. The molecule has 0 radical (unpaired) electrons. The molecule has 0 N–H and O–H groups in total. The Morgan fingerprint density at radius 3 is 2.77 bits per heavy atom. The maximum Gasteiger partial charge on any atom is 0.410 e. The molecule has 1 aliphatic carbocycles. The zero-order valence-electron chi connectivity index (χ0n) is 16.7. The maximum atomic E-state index is 13.7. The van der Waals surface area contributed by atoms with Crippen molar-refractivity contribution in [2.45, 2.75) is 31.7 Å². The van der Waals surface area contributed by atoms with E-state index in [4.69, 9.17) is 4.74 Å². The molecular formula is C21H26FN3O4S. The number of carbonyl (C=O) groups is 1. The first-order valence-electron chi connectivity index (χ1n) is 10.1. The normalized spacial score (nSPS) is 17.9. The molecule has 2 aliphatic rings. The number of ether oxygens (including phenoxy) is 1. The van der Waals surface area contributed by atoms with Crippen LogP contribution in [-0.2, 0) is 15.7 Å². The van der Waals surface area contributed by atoms with E-state index < -0.39 is 16.8 Å². The Balaban J connectivity index is 1.60. The predicted octanol–water partition coefficient (Wildman–Crippen LogP) is 3.94. The van der Waals surface area contributed by atoms with E-state index >= 15 is 0 Å². The van der Waals surface area contributed by atoms with Gasteiger partial charge in [-0.3, -0.25) is 4.31 Å². The fraction of sp³-hybridized carbons (Fsp3) is 0.476. The minimum atomic E-state index is -1.52. The first kappa shape index (κ1) is 22.1. The number of piperidine rings is 1. The summed E-state index contributed by atoms with van der Waals surface area (Å²) in [5, 5.41) is 2.79. The van der Waals surface area contributed by atoms with E-state index in [1.165, 1.54) is 12.1 Å². The van der Waals surface area contributed by atoms with Gasteiger partial charge >= 0.3 is 6.09 Å². The van der Waals surface area contributed by atoms with Crippen LogP contribution in [0.3, 0.4) is 0 Å². The van der Waals surface area contributed by atoms with Crippen molar-refractivity contribution in [3.8, 4) is 0 Å². The molecule has 3 rings (SSSR count). The quantitative estimate of drug-likeness (QED) is 0.580. The van der Waals surface area contributed by atoms with Gasteiger partial charge in [0.25, 0.3) is 0 Å². The van der Waals surface area contributed by atoms with Crippen LogP contribution in [-0.4, -0.2) is 53.2 Å². The van der Waals surface area contributed by atoms with Crippen LogP contribution < -0.4 is 4.31 Å². The summed E-state index contributed by atoms with van der Waals surface area (Å²) >= 11 is 0. The van der Waals surface area contributed by atoms with Gasteiger partial charge in [-0.2, -0.15) is 4.91 Å². The fourth-order valence-corrected chi connectivity index (χ4v) is 4.94. The molecule has 0 saturated carbocycles. The smallest absolute Gasteiger partial charge is 0.410 e. The number of nitroso groups, excluding NO2 is 1. The van der Waals surface area contributed by atoms with E-state index in [2.05, 4.69) is 17.3 Å². The first-order valence-corrected chi connectivity index (χ1v) is 11.4. The summed E-state index contributed by atoms with van der Waals surface area (Å²) in [5.41, 5.74) is 1.50. The summed E-state index contributed by atoms with van der Waals surface area (Å²) in [6.45, 7) is 1.09. The highest BCUT2D eigenvalue weighted by atomic mass is 32.2. The van der Waals surface area contributed by atoms with Crippen LogP contribution in [0, 0.1) is 10.7 Å². The van der Waals surface area contributed by atoms with Crippen LogP contribution >= 0.6 is 0 Å². The molecule has 1 fully saturated rings. The summed E-state index contributed by atoms with van der Waals surface area (Å²) < 4.78 is 33.6. The van der Waals surface area contributed by atoms with Crippen molar-refractivity contribution in [1.82, 2.24) is 4.90 Å². The number of halogens is 1. The maximum absolute atomic E-state index is 13.7. The molecule has 9 heteroatoms. The van der Waals surface area contributed by atoms with Crippen molar-refractivity contribution in [2.75, 3.05) is 36.3 Å². The Kier molecular flexibility index (Phi) is 8.12. The average molecular weight is 436 g/mol. The first-order chi connectivity index (χ1) is 14.6. The highest BCUT2D eigenvalue weighted by Gasteiger charge is 2.31. The number of allylic oxidation sites excluding steroid dienone is 2. The Hall–Kier alpha value is -2.55. The molecular weight excluding hydrogens is 409 g/mol. The van der Waals surface area contributed by atoms with Crippen molar-refractivity contribution in [1.29, 1.82) is 0 Å². The third-order valence-corrected chi connectivity index (χ3v) is 6.61. The van der Waals surface area contributed by atoms with Gasteiger partial charge in [0.05, 0.1) is 18.0 Å². The minimum Gasteiger partial charge on any atom is -0.445 e. The summed E-state index contributed by atoms with van der Waals surface area (Å²) in [5.74, 6) is -0.347. The molecule has 1 aliphatic heterocycles. The van der Waals surface area contributed by atoms with Gasteiger partial charge < -0.3 is 9.64 Å². The van der Waals surface area contributed by atoms with Gasteiger partial charge in [-0.25, -0.2) is 13.4 Å². The van der Waals surface area contributed by atoms with Gasteiger partial charge in [-0.05, 0) is 49.5 Å². The van der Waals surface area contributed by atoms with Gasteiger partial charge in [-0.15, -0.1) is 0 Å². The number of amides is 1. The summed E-state index contributed by atoms with van der Waals surface area (Å²) in [6.07, 6.45) is 8.84. The van der Waals surface area contributed by atoms with Crippen molar-refractivity contribution in [3.63, 3.8) is 0 Å². The number of rotatable bonds is 8. The van der Waals surface area contributed by atoms with Crippen molar-refractivity contribution in [2.24, 2.45) is 5.18 Å². The third-order valence-electron chi connectivity index (χ3n) is 5.13. The minimum absolute atomic E-state index is 0.0743. The number of benzene rings is 1. The van der Waals surface area contributed by atoms with Gasteiger partial charge in [0.15, 0.2) is 0 Å². The van der Waals surface area contributed by atoms with Crippen molar-refractivity contribution in [3.05, 3.63) is 58.8 Å². The van der Waals surface area contributed by atoms with Crippen molar-refractivity contribution >= 4 is 22.8 Å². The average Bonchev–Trinajstić information content (AvgIpc) is 2.77. The summed E-state index contributed by atoms with van der Waals surface area (Å²) in [6, 6.07) is 5.77. The Labute approximate surface area is 178 Å². The fourth-order valence-electron chi connectivity index (χ4n) is 3.62. The zero-order chi connectivity index (χ0) is 21.3. The largest absolute Gasteiger partial charge is 0.445 e. The highest BCUT2D eigenvalue weighted by molar-refractivity contribution is 7.86. The standard InChI is InChI=1S/C21H26FN3O4S/c22-18-7-4-8-20(15-18)25(30(28)14-11-23-27)19-9-12-24(13-10-19)21(26)29-16-17-5-2-1-3-6-17/h2,4-8,15,19H,1,3,9-14,16H2. The van der Waals surface area contributed by atoms with E-state index in [1.807, 2.05) is 6.08 Å². The monoisotopic (exact) mass is 435 g/mol. The molecule has 7 nitrogen and oxygen atoms in total. The molecule has 162 valence electrons. The Morgan fingerprint density at radius 1 is 1.30 bits per heavy atom. The second-order valence-corrected chi connectivity index (χ2v) is 8.66. The summed E-state index contributed by atoms with van der Waals surface area (Å²) in [4.78, 5) is 24.5. The molecule has 1 aromatic rings. The van der Waals surface area contributed by atoms with Gasteiger partial charge in [-0.1, -0.05) is 29.5 Å². The van der Waals surface area contributed by atoms with E-state index in [9.17, 15) is 18.3 Å². The van der Waals surface area contributed by atoms with Crippen LogP contribution in [0.1, 0.15) is 25.7 Å². The van der Waals surface area contributed by atoms with Crippen LogP contribution in [0.4, 0.5) is 14.9 Å². The Morgan fingerprint density at radius 2 is 2.10 bits per heavy atom. The molecule has 0 aromatic heterocycles. The molecule has 1 aromatic carbocycles. The van der Waals surface area contributed by atoms with Crippen LogP contribution in [0.15, 0.2) is 53.2 Å². The van der Waals surface area contributed by atoms with E-state index in [1.54, 1.807) is 21.3 Å². The zero-order valence-corrected chi connectivity index (χ0v) is 17.6. The molecule has 0 bridgehead atoms. The van der Waals surface area contributed by atoms with Crippen LogP contribution in [0.25, 0.3) is 0 Å². The number of hydrogen-bond acceptors (Lipinski definition) is 5. The summed E-state index contributed by atoms with van der Waals surface area (Å²) in [7, 11) is -1.52. The SMILES string of the molecule is O=NCCS(=O)N(c1cccc(F)c1)C1CCN(C(=O)OCC2=CCCC=C2)CC1. The molecule has 1 atom stereocenters.